The van der Waals surface area contributed by atoms with Gasteiger partial charge in [0.25, 0.3) is 0 Å². The molecule has 1 rings (SSSR count). The van der Waals surface area contributed by atoms with Gasteiger partial charge in [0.2, 0.25) is 5.91 Å². The molecule has 0 radical (unpaired) electrons. The summed E-state index contributed by atoms with van der Waals surface area (Å²) in [6.07, 6.45) is 4.98. The SMILES string of the molecule is CCCCCC(C)NC(=O)C(N)Cc1ccc(O)cc1. The quantitative estimate of drug-likeness (QED) is 0.639. The van der Waals surface area contributed by atoms with Gasteiger partial charge in [-0.15, -0.1) is 0 Å². The zero-order chi connectivity index (χ0) is 15.0. The van der Waals surface area contributed by atoms with Crippen molar-refractivity contribution >= 4 is 5.91 Å². The van der Waals surface area contributed by atoms with Crippen LogP contribution < -0.4 is 11.1 Å². The molecule has 0 aromatic heterocycles. The first kappa shape index (κ1) is 16.5. The first-order valence-electron chi connectivity index (χ1n) is 7.36. The predicted octanol–water partition coefficient (Wildman–Crippen LogP) is 2.35. The van der Waals surface area contributed by atoms with Gasteiger partial charge in [-0.05, 0) is 37.5 Å². The third kappa shape index (κ3) is 6.06. The van der Waals surface area contributed by atoms with Crippen LogP contribution >= 0.6 is 0 Å². The molecule has 112 valence electrons. The van der Waals surface area contributed by atoms with Crippen molar-refractivity contribution < 1.29 is 9.90 Å². The van der Waals surface area contributed by atoms with Crippen LogP contribution in [0.4, 0.5) is 0 Å². The van der Waals surface area contributed by atoms with Crippen LogP contribution in [0, 0.1) is 0 Å². The number of nitrogens with one attached hydrogen (secondary N) is 1. The highest BCUT2D eigenvalue weighted by Crippen LogP contribution is 2.11. The largest absolute Gasteiger partial charge is 0.508 e. The Hall–Kier alpha value is -1.55. The van der Waals surface area contributed by atoms with E-state index in [1.165, 1.54) is 12.8 Å². The minimum absolute atomic E-state index is 0.109. The highest BCUT2D eigenvalue weighted by molar-refractivity contribution is 5.82. The third-order valence-electron chi connectivity index (χ3n) is 3.36. The molecule has 0 spiro atoms. The van der Waals surface area contributed by atoms with Crippen molar-refractivity contribution in [3.63, 3.8) is 0 Å². The van der Waals surface area contributed by atoms with Crippen LogP contribution in [0.1, 0.15) is 45.1 Å². The molecule has 4 nitrogen and oxygen atoms in total. The smallest absolute Gasteiger partial charge is 0.237 e. The normalized spacial score (nSPS) is 13.8. The number of phenols is 1. The van der Waals surface area contributed by atoms with Gasteiger partial charge in [0.05, 0.1) is 6.04 Å². The van der Waals surface area contributed by atoms with E-state index in [0.29, 0.717) is 6.42 Å². The molecule has 0 aliphatic heterocycles. The molecule has 4 heteroatoms. The number of aromatic hydroxyl groups is 1. The lowest BCUT2D eigenvalue weighted by molar-refractivity contribution is -0.123. The second-order valence-electron chi connectivity index (χ2n) is 5.38. The topological polar surface area (TPSA) is 75.4 Å². The highest BCUT2D eigenvalue weighted by Gasteiger charge is 2.16. The van der Waals surface area contributed by atoms with E-state index in [-0.39, 0.29) is 17.7 Å². The summed E-state index contributed by atoms with van der Waals surface area (Å²) in [5.41, 5.74) is 6.86. The second kappa shape index (κ2) is 8.59. The monoisotopic (exact) mass is 278 g/mol. The molecular weight excluding hydrogens is 252 g/mol. The van der Waals surface area contributed by atoms with Crippen LogP contribution in [0.2, 0.25) is 0 Å². The number of nitrogens with two attached hydrogens (primary N) is 1. The predicted molar refractivity (Wildman–Crippen MR) is 81.5 cm³/mol. The zero-order valence-electron chi connectivity index (χ0n) is 12.4. The van der Waals surface area contributed by atoms with Crippen molar-refractivity contribution in [3.8, 4) is 5.75 Å². The molecular formula is C16H26N2O2. The molecule has 0 aliphatic rings. The molecule has 0 fully saturated rings. The molecule has 1 aromatic carbocycles. The van der Waals surface area contributed by atoms with E-state index in [1.54, 1.807) is 24.3 Å². The number of unbranched alkanes of at least 4 members (excludes halogenated alkanes) is 2. The molecule has 0 heterocycles. The van der Waals surface area contributed by atoms with Gasteiger partial charge < -0.3 is 16.2 Å². The number of rotatable bonds is 8. The maximum atomic E-state index is 12.0. The minimum atomic E-state index is -0.548. The van der Waals surface area contributed by atoms with Gasteiger partial charge in [-0.25, -0.2) is 0 Å². The molecule has 1 aromatic rings. The van der Waals surface area contributed by atoms with Gasteiger partial charge in [-0.3, -0.25) is 4.79 Å². The van der Waals surface area contributed by atoms with E-state index in [4.69, 9.17) is 5.73 Å². The first-order valence-corrected chi connectivity index (χ1v) is 7.36. The molecule has 0 saturated heterocycles. The third-order valence-corrected chi connectivity index (χ3v) is 3.36. The van der Waals surface area contributed by atoms with E-state index in [2.05, 4.69) is 12.2 Å². The number of hydrogen-bond acceptors (Lipinski definition) is 3. The van der Waals surface area contributed by atoms with Crippen molar-refractivity contribution in [1.29, 1.82) is 0 Å². The summed E-state index contributed by atoms with van der Waals surface area (Å²) in [7, 11) is 0. The fourth-order valence-corrected chi connectivity index (χ4v) is 2.10. The number of phenolic OH excluding ortho intramolecular Hbond substituents is 1. The summed E-state index contributed by atoms with van der Waals surface area (Å²) < 4.78 is 0. The van der Waals surface area contributed by atoms with Crippen LogP contribution in [-0.2, 0) is 11.2 Å². The number of carbonyl (C=O) groups excluding carboxylic acids is 1. The van der Waals surface area contributed by atoms with Crippen LogP contribution in [0.3, 0.4) is 0 Å². The Labute approximate surface area is 121 Å². The minimum Gasteiger partial charge on any atom is -0.508 e. The summed E-state index contributed by atoms with van der Waals surface area (Å²) in [5.74, 6) is 0.110. The second-order valence-corrected chi connectivity index (χ2v) is 5.38. The number of hydrogen-bond donors (Lipinski definition) is 3. The van der Waals surface area contributed by atoms with Crippen LogP contribution in [0.15, 0.2) is 24.3 Å². The molecule has 4 N–H and O–H groups in total. The van der Waals surface area contributed by atoms with Gasteiger partial charge in [0, 0.05) is 6.04 Å². The molecule has 0 saturated carbocycles. The van der Waals surface area contributed by atoms with Crippen molar-refractivity contribution in [3.05, 3.63) is 29.8 Å². The standard InChI is InChI=1S/C16H26N2O2/c1-3-4-5-6-12(2)18-16(20)15(17)11-13-7-9-14(19)10-8-13/h7-10,12,15,19H,3-6,11,17H2,1-2H3,(H,18,20). The zero-order valence-corrected chi connectivity index (χ0v) is 12.4. The van der Waals surface area contributed by atoms with Crippen LogP contribution in [0.25, 0.3) is 0 Å². The summed E-state index contributed by atoms with van der Waals surface area (Å²) in [4.78, 5) is 12.0. The van der Waals surface area contributed by atoms with Gasteiger partial charge in [0.1, 0.15) is 5.75 Å². The van der Waals surface area contributed by atoms with E-state index in [1.807, 2.05) is 6.92 Å². The average molecular weight is 278 g/mol. The summed E-state index contributed by atoms with van der Waals surface area (Å²) in [6.45, 7) is 4.18. The van der Waals surface area contributed by atoms with E-state index in [0.717, 1.165) is 18.4 Å². The van der Waals surface area contributed by atoms with Gasteiger partial charge in [-0.1, -0.05) is 38.3 Å². The maximum absolute atomic E-state index is 12.0. The van der Waals surface area contributed by atoms with Gasteiger partial charge >= 0.3 is 0 Å². The summed E-state index contributed by atoms with van der Waals surface area (Å²) in [6, 6.07) is 6.40. The lowest BCUT2D eigenvalue weighted by atomic mass is 10.0. The Bertz CT molecular complexity index is 403. The van der Waals surface area contributed by atoms with Crippen molar-refractivity contribution in [2.75, 3.05) is 0 Å². The van der Waals surface area contributed by atoms with E-state index < -0.39 is 6.04 Å². The lowest BCUT2D eigenvalue weighted by Crippen LogP contribution is -2.45. The number of carbonyl (C=O) groups is 1. The molecule has 1 amide bonds. The Morgan fingerprint density at radius 2 is 1.95 bits per heavy atom. The summed E-state index contributed by atoms with van der Waals surface area (Å²) >= 11 is 0. The molecule has 0 bridgehead atoms. The Morgan fingerprint density at radius 3 is 2.55 bits per heavy atom. The Morgan fingerprint density at radius 1 is 1.30 bits per heavy atom. The van der Waals surface area contributed by atoms with E-state index >= 15 is 0 Å². The van der Waals surface area contributed by atoms with E-state index in [9.17, 15) is 9.90 Å². The summed E-state index contributed by atoms with van der Waals surface area (Å²) in [5, 5.41) is 12.2. The number of amides is 1. The van der Waals surface area contributed by atoms with Crippen LogP contribution in [0.5, 0.6) is 5.75 Å². The van der Waals surface area contributed by atoms with Gasteiger partial charge in [0.15, 0.2) is 0 Å². The Balaban J connectivity index is 2.36. The Kier molecular flexibility index (Phi) is 7.09. The average Bonchev–Trinajstić information content (AvgIpc) is 2.41. The first-order chi connectivity index (χ1) is 9.52. The fraction of sp³-hybridized carbons (Fsp3) is 0.562. The number of benzene rings is 1. The lowest BCUT2D eigenvalue weighted by Gasteiger charge is -2.17. The van der Waals surface area contributed by atoms with Crippen molar-refractivity contribution in [2.45, 2.75) is 58.0 Å². The van der Waals surface area contributed by atoms with Crippen molar-refractivity contribution in [2.24, 2.45) is 5.73 Å². The maximum Gasteiger partial charge on any atom is 0.237 e. The molecule has 20 heavy (non-hydrogen) atoms. The molecule has 2 unspecified atom stereocenters. The van der Waals surface area contributed by atoms with Gasteiger partial charge in [-0.2, -0.15) is 0 Å². The van der Waals surface area contributed by atoms with Crippen LogP contribution in [-0.4, -0.2) is 23.1 Å². The highest BCUT2D eigenvalue weighted by atomic mass is 16.3. The van der Waals surface area contributed by atoms with Crippen molar-refractivity contribution in [1.82, 2.24) is 5.32 Å². The fourth-order valence-electron chi connectivity index (χ4n) is 2.10. The molecule has 0 aliphatic carbocycles. The molecule has 2 atom stereocenters.